The Hall–Kier alpha value is -1.79. The minimum atomic E-state index is -0.900. The first-order valence-electron chi connectivity index (χ1n) is 7.81. The topological polar surface area (TPSA) is 82.1 Å². The number of ether oxygens (including phenoxy) is 3. The summed E-state index contributed by atoms with van der Waals surface area (Å²) in [6.45, 7) is 6.59. The number of esters is 2. The lowest BCUT2D eigenvalue weighted by atomic mass is 9.87. The summed E-state index contributed by atoms with van der Waals surface area (Å²) in [7, 11) is 2.51. The molecular formula is C16H27NO6. The van der Waals surface area contributed by atoms with Gasteiger partial charge >= 0.3 is 18.0 Å². The van der Waals surface area contributed by atoms with Crippen LogP contribution in [0.25, 0.3) is 0 Å². The van der Waals surface area contributed by atoms with Gasteiger partial charge in [-0.15, -0.1) is 0 Å². The van der Waals surface area contributed by atoms with E-state index in [-0.39, 0.29) is 12.0 Å². The van der Waals surface area contributed by atoms with Crippen molar-refractivity contribution in [3.8, 4) is 0 Å². The lowest BCUT2D eigenvalue weighted by molar-refractivity contribution is -0.159. The van der Waals surface area contributed by atoms with Gasteiger partial charge in [-0.25, -0.2) is 4.79 Å². The van der Waals surface area contributed by atoms with Gasteiger partial charge in [0, 0.05) is 13.1 Å². The van der Waals surface area contributed by atoms with Gasteiger partial charge in [0.1, 0.15) is 5.60 Å². The first-order chi connectivity index (χ1) is 10.7. The summed E-state index contributed by atoms with van der Waals surface area (Å²) in [6, 6.07) is 0. The Bertz CT molecular complexity index is 418. The fraction of sp³-hybridized carbons (Fsp3) is 0.812. The van der Waals surface area contributed by atoms with Gasteiger partial charge in [0.15, 0.2) is 5.92 Å². The van der Waals surface area contributed by atoms with E-state index in [4.69, 9.17) is 4.74 Å². The van der Waals surface area contributed by atoms with Gasteiger partial charge in [-0.1, -0.05) is 0 Å². The van der Waals surface area contributed by atoms with Gasteiger partial charge in [-0.3, -0.25) is 9.59 Å². The zero-order valence-corrected chi connectivity index (χ0v) is 14.6. The van der Waals surface area contributed by atoms with Crippen molar-refractivity contribution >= 4 is 18.0 Å². The van der Waals surface area contributed by atoms with Crippen LogP contribution in [0.5, 0.6) is 0 Å². The molecule has 0 atom stereocenters. The van der Waals surface area contributed by atoms with Crippen LogP contribution in [0.3, 0.4) is 0 Å². The van der Waals surface area contributed by atoms with Crippen molar-refractivity contribution < 1.29 is 28.6 Å². The molecule has 0 aliphatic carbocycles. The number of amides is 1. The van der Waals surface area contributed by atoms with E-state index in [9.17, 15) is 14.4 Å². The first-order valence-corrected chi connectivity index (χ1v) is 7.81. The number of nitrogens with zero attached hydrogens (tertiary/aromatic N) is 1. The molecule has 0 aromatic carbocycles. The SMILES string of the molecule is COC(=O)C(CC1CCN(C(=O)OC(C)(C)C)CC1)C(=O)OC. The smallest absolute Gasteiger partial charge is 0.410 e. The monoisotopic (exact) mass is 329 g/mol. The third-order valence-corrected chi connectivity index (χ3v) is 3.81. The van der Waals surface area contributed by atoms with Crippen LogP contribution < -0.4 is 0 Å². The molecule has 1 rings (SSSR count). The largest absolute Gasteiger partial charge is 0.468 e. The summed E-state index contributed by atoms with van der Waals surface area (Å²) >= 11 is 0. The Labute approximate surface area is 137 Å². The van der Waals surface area contributed by atoms with Crippen molar-refractivity contribution in [3.63, 3.8) is 0 Å². The van der Waals surface area contributed by atoms with Crippen molar-refractivity contribution in [3.05, 3.63) is 0 Å². The van der Waals surface area contributed by atoms with E-state index in [2.05, 4.69) is 9.47 Å². The van der Waals surface area contributed by atoms with Crippen LogP contribution in [-0.2, 0) is 23.8 Å². The maximum Gasteiger partial charge on any atom is 0.410 e. The zero-order chi connectivity index (χ0) is 17.6. The highest BCUT2D eigenvalue weighted by Crippen LogP contribution is 2.26. The maximum atomic E-state index is 12.0. The van der Waals surface area contributed by atoms with Crippen LogP contribution in [-0.4, -0.2) is 55.8 Å². The van der Waals surface area contributed by atoms with Crippen molar-refractivity contribution in [2.45, 2.75) is 45.6 Å². The average Bonchev–Trinajstić information content (AvgIpc) is 2.50. The van der Waals surface area contributed by atoms with Crippen molar-refractivity contribution in [1.82, 2.24) is 4.90 Å². The van der Waals surface area contributed by atoms with Crippen LogP contribution in [0.15, 0.2) is 0 Å². The van der Waals surface area contributed by atoms with Gasteiger partial charge in [-0.05, 0) is 46.0 Å². The fourth-order valence-corrected chi connectivity index (χ4v) is 2.58. The Morgan fingerprint density at radius 1 is 1.04 bits per heavy atom. The van der Waals surface area contributed by atoms with Crippen molar-refractivity contribution in [2.24, 2.45) is 11.8 Å². The number of carbonyl (C=O) groups is 3. The Morgan fingerprint density at radius 2 is 1.52 bits per heavy atom. The molecule has 0 radical (unpaired) electrons. The number of methoxy groups -OCH3 is 2. The van der Waals surface area contributed by atoms with Crippen LogP contribution >= 0.6 is 0 Å². The lowest BCUT2D eigenvalue weighted by Gasteiger charge is -2.34. The van der Waals surface area contributed by atoms with Gasteiger partial charge in [0.05, 0.1) is 14.2 Å². The Morgan fingerprint density at radius 3 is 1.91 bits per heavy atom. The molecule has 23 heavy (non-hydrogen) atoms. The van der Waals surface area contributed by atoms with E-state index in [1.807, 2.05) is 20.8 Å². The van der Waals surface area contributed by atoms with Crippen LogP contribution in [0.4, 0.5) is 4.79 Å². The summed E-state index contributed by atoms with van der Waals surface area (Å²) < 4.78 is 14.7. The van der Waals surface area contributed by atoms with E-state index >= 15 is 0 Å². The fourth-order valence-electron chi connectivity index (χ4n) is 2.58. The molecule has 1 fully saturated rings. The molecule has 7 nitrogen and oxygen atoms in total. The molecular weight excluding hydrogens is 302 g/mol. The van der Waals surface area contributed by atoms with Crippen LogP contribution in [0.1, 0.15) is 40.0 Å². The highest BCUT2D eigenvalue weighted by molar-refractivity contribution is 5.94. The van der Waals surface area contributed by atoms with Gasteiger partial charge < -0.3 is 19.1 Å². The molecule has 0 N–H and O–H groups in total. The standard InChI is InChI=1S/C16H27NO6/c1-16(2,3)23-15(20)17-8-6-11(7-9-17)10-12(13(18)21-4)14(19)22-5/h11-12H,6-10H2,1-5H3. The van der Waals surface area contributed by atoms with E-state index in [0.29, 0.717) is 32.4 Å². The minimum Gasteiger partial charge on any atom is -0.468 e. The van der Waals surface area contributed by atoms with Gasteiger partial charge in [0.25, 0.3) is 0 Å². The highest BCUT2D eigenvalue weighted by Gasteiger charge is 2.34. The average molecular weight is 329 g/mol. The molecule has 0 bridgehead atoms. The first kappa shape index (κ1) is 19.3. The number of carbonyl (C=O) groups excluding carboxylic acids is 3. The summed E-state index contributed by atoms with van der Waals surface area (Å²) in [5.74, 6) is -1.89. The second-order valence-electron chi connectivity index (χ2n) is 6.75. The highest BCUT2D eigenvalue weighted by atomic mass is 16.6. The van der Waals surface area contributed by atoms with Crippen LogP contribution in [0.2, 0.25) is 0 Å². The molecule has 0 aromatic rings. The number of hydrogen-bond donors (Lipinski definition) is 0. The number of hydrogen-bond acceptors (Lipinski definition) is 6. The molecule has 7 heteroatoms. The predicted octanol–water partition coefficient (Wildman–Crippen LogP) is 1.99. The van der Waals surface area contributed by atoms with E-state index < -0.39 is 23.5 Å². The molecule has 1 aliphatic heterocycles. The predicted molar refractivity (Wildman–Crippen MR) is 82.7 cm³/mol. The lowest BCUT2D eigenvalue weighted by Crippen LogP contribution is -2.42. The summed E-state index contributed by atoms with van der Waals surface area (Å²) in [5.41, 5.74) is -0.519. The summed E-state index contributed by atoms with van der Waals surface area (Å²) in [5, 5.41) is 0. The molecule has 0 unspecified atom stereocenters. The van der Waals surface area contributed by atoms with E-state index in [1.165, 1.54) is 14.2 Å². The molecule has 1 heterocycles. The van der Waals surface area contributed by atoms with Gasteiger partial charge in [0.2, 0.25) is 0 Å². The molecule has 0 spiro atoms. The normalized spacial score (nSPS) is 16.2. The van der Waals surface area contributed by atoms with Crippen molar-refractivity contribution in [1.29, 1.82) is 0 Å². The molecule has 1 aliphatic rings. The second-order valence-corrected chi connectivity index (χ2v) is 6.75. The Balaban J connectivity index is 2.53. The van der Waals surface area contributed by atoms with E-state index in [1.54, 1.807) is 4.90 Å². The van der Waals surface area contributed by atoms with Crippen molar-refractivity contribution in [2.75, 3.05) is 27.3 Å². The third kappa shape index (κ3) is 6.08. The number of piperidine rings is 1. The number of rotatable bonds is 4. The summed E-state index contributed by atoms with van der Waals surface area (Å²) in [6.07, 6.45) is 1.48. The maximum absolute atomic E-state index is 12.0. The summed E-state index contributed by atoms with van der Waals surface area (Å²) in [4.78, 5) is 37.1. The molecule has 0 saturated carbocycles. The Kier molecular flexibility index (Phi) is 6.84. The molecule has 132 valence electrons. The third-order valence-electron chi connectivity index (χ3n) is 3.81. The minimum absolute atomic E-state index is 0.164. The number of likely N-dealkylation sites (tertiary alicyclic amines) is 1. The quantitative estimate of drug-likeness (QED) is 0.446. The molecule has 0 aromatic heterocycles. The second kappa shape index (κ2) is 8.17. The zero-order valence-electron chi connectivity index (χ0n) is 14.6. The molecule has 1 amide bonds. The van der Waals surface area contributed by atoms with E-state index in [0.717, 1.165) is 0 Å². The molecule has 1 saturated heterocycles. The van der Waals surface area contributed by atoms with Gasteiger partial charge in [-0.2, -0.15) is 0 Å². The van der Waals surface area contributed by atoms with Crippen LogP contribution in [0, 0.1) is 11.8 Å².